The molecule has 3 nitrogen and oxygen atoms in total. The Morgan fingerprint density at radius 1 is 1.78 bits per heavy atom. The van der Waals surface area contributed by atoms with E-state index in [1.807, 2.05) is 13.8 Å². The summed E-state index contributed by atoms with van der Waals surface area (Å²) in [5, 5.41) is 0. The minimum atomic E-state index is -0.309. The van der Waals surface area contributed by atoms with E-state index < -0.39 is 0 Å². The highest BCUT2D eigenvalue weighted by atomic mass is 16.5. The van der Waals surface area contributed by atoms with Crippen LogP contribution in [0.3, 0.4) is 0 Å². The number of primary amides is 1. The van der Waals surface area contributed by atoms with Gasteiger partial charge in [-0.15, -0.1) is 0 Å². The molecule has 1 unspecified atom stereocenters. The van der Waals surface area contributed by atoms with Crippen LogP contribution in [0.5, 0.6) is 0 Å². The van der Waals surface area contributed by atoms with E-state index in [1.54, 1.807) is 0 Å². The van der Waals surface area contributed by atoms with Crippen molar-refractivity contribution in [1.82, 2.24) is 0 Å². The molecular weight excluding hydrogens is 118 g/mol. The van der Waals surface area contributed by atoms with Crippen LogP contribution in [0.15, 0.2) is 0 Å². The van der Waals surface area contributed by atoms with E-state index in [0.29, 0.717) is 13.0 Å². The summed E-state index contributed by atoms with van der Waals surface area (Å²) in [5.74, 6) is -0.309. The molecule has 3 heteroatoms. The molecule has 9 heavy (non-hydrogen) atoms. The molecule has 0 aromatic heterocycles. The Morgan fingerprint density at radius 2 is 2.33 bits per heavy atom. The zero-order valence-corrected chi connectivity index (χ0v) is 5.89. The lowest BCUT2D eigenvalue weighted by Gasteiger charge is -2.07. The van der Waals surface area contributed by atoms with Crippen LogP contribution in [0.2, 0.25) is 0 Å². The molecule has 2 N–H and O–H groups in total. The highest BCUT2D eigenvalue weighted by molar-refractivity contribution is 5.74. The van der Waals surface area contributed by atoms with Crippen molar-refractivity contribution < 1.29 is 9.53 Å². The van der Waals surface area contributed by atoms with Crippen LogP contribution in [0.4, 0.5) is 0 Å². The molecule has 0 saturated heterocycles. The van der Waals surface area contributed by atoms with Crippen LogP contribution < -0.4 is 5.73 Å². The predicted octanol–water partition coefficient (Wildman–Crippen LogP) is 0.287. The number of rotatable bonds is 4. The van der Waals surface area contributed by atoms with Crippen molar-refractivity contribution in [2.45, 2.75) is 26.4 Å². The summed E-state index contributed by atoms with van der Waals surface area (Å²) in [7, 11) is 0. The fraction of sp³-hybridized carbons (Fsp3) is 0.833. The van der Waals surface area contributed by atoms with Gasteiger partial charge in [-0.25, -0.2) is 0 Å². The third-order valence-electron chi connectivity index (χ3n) is 0.940. The van der Waals surface area contributed by atoms with E-state index in [2.05, 4.69) is 0 Å². The first-order valence-corrected chi connectivity index (χ1v) is 3.06. The summed E-state index contributed by atoms with van der Waals surface area (Å²) in [4.78, 5) is 10.2. The van der Waals surface area contributed by atoms with Crippen LogP contribution in [0.25, 0.3) is 0 Å². The highest BCUT2D eigenvalue weighted by Gasteiger charge is 2.03. The third-order valence-corrected chi connectivity index (χ3v) is 0.940. The topological polar surface area (TPSA) is 52.3 Å². The molecule has 0 aliphatic heterocycles. The maximum atomic E-state index is 10.2. The molecule has 0 heterocycles. The molecule has 0 bridgehead atoms. The zero-order valence-electron chi connectivity index (χ0n) is 5.89. The Labute approximate surface area is 55.2 Å². The van der Waals surface area contributed by atoms with Gasteiger partial charge in [0.25, 0.3) is 0 Å². The SMILES string of the molecule is CCOC(C)CC(N)=O. The van der Waals surface area contributed by atoms with Gasteiger partial charge in [-0.3, -0.25) is 4.79 Å². The Morgan fingerprint density at radius 3 is 2.67 bits per heavy atom. The van der Waals surface area contributed by atoms with Gasteiger partial charge in [0.2, 0.25) is 5.91 Å². The van der Waals surface area contributed by atoms with E-state index in [9.17, 15) is 4.79 Å². The number of nitrogens with two attached hydrogens (primary N) is 1. The van der Waals surface area contributed by atoms with Crippen molar-refractivity contribution in [3.8, 4) is 0 Å². The van der Waals surface area contributed by atoms with Crippen molar-refractivity contribution >= 4 is 5.91 Å². The Balaban J connectivity index is 3.26. The molecule has 0 aliphatic carbocycles. The molecule has 1 amide bonds. The molecule has 0 fully saturated rings. The largest absolute Gasteiger partial charge is 0.378 e. The molecule has 0 spiro atoms. The molecule has 0 aliphatic rings. The Hall–Kier alpha value is -0.570. The number of ether oxygens (including phenoxy) is 1. The van der Waals surface area contributed by atoms with Crippen LogP contribution in [0, 0.1) is 0 Å². The third kappa shape index (κ3) is 5.30. The predicted molar refractivity (Wildman–Crippen MR) is 34.9 cm³/mol. The maximum absolute atomic E-state index is 10.2. The van der Waals surface area contributed by atoms with Gasteiger partial charge < -0.3 is 10.5 Å². The van der Waals surface area contributed by atoms with Crippen molar-refractivity contribution in [2.75, 3.05) is 6.61 Å². The monoisotopic (exact) mass is 131 g/mol. The number of hydrogen-bond acceptors (Lipinski definition) is 2. The number of carbonyl (C=O) groups excluding carboxylic acids is 1. The average molecular weight is 131 g/mol. The summed E-state index contributed by atoms with van der Waals surface area (Å²) in [5.41, 5.74) is 4.90. The van der Waals surface area contributed by atoms with E-state index in [4.69, 9.17) is 10.5 Å². The first-order valence-electron chi connectivity index (χ1n) is 3.06. The van der Waals surface area contributed by atoms with Crippen molar-refractivity contribution in [2.24, 2.45) is 5.73 Å². The lowest BCUT2D eigenvalue weighted by Crippen LogP contribution is -2.19. The summed E-state index contributed by atoms with van der Waals surface area (Å²) in [6.45, 7) is 4.35. The summed E-state index contributed by atoms with van der Waals surface area (Å²) < 4.78 is 5.05. The van der Waals surface area contributed by atoms with Gasteiger partial charge in [0, 0.05) is 6.61 Å². The Kier molecular flexibility index (Phi) is 4.05. The fourth-order valence-corrected chi connectivity index (χ4v) is 0.627. The summed E-state index contributed by atoms with van der Waals surface area (Å²) in [6.07, 6.45) is 0.279. The van der Waals surface area contributed by atoms with Gasteiger partial charge in [0.05, 0.1) is 12.5 Å². The summed E-state index contributed by atoms with van der Waals surface area (Å²) >= 11 is 0. The second-order valence-corrected chi connectivity index (χ2v) is 1.94. The molecule has 0 aromatic carbocycles. The quantitative estimate of drug-likeness (QED) is 0.596. The maximum Gasteiger partial charge on any atom is 0.220 e. The summed E-state index contributed by atoms with van der Waals surface area (Å²) in [6, 6.07) is 0. The standard InChI is InChI=1S/C6H13NO2/c1-3-9-5(2)4-6(7)8/h5H,3-4H2,1-2H3,(H2,7,8). The molecule has 1 atom stereocenters. The Bertz CT molecular complexity index is 93.1. The molecule has 0 saturated carbocycles. The number of hydrogen-bond donors (Lipinski definition) is 1. The lowest BCUT2D eigenvalue weighted by atomic mass is 10.3. The van der Waals surface area contributed by atoms with E-state index in [-0.39, 0.29) is 12.0 Å². The van der Waals surface area contributed by atoms with Gasteiger partial charge in [-0.05, 0) is 13.8 Å². The molecule has 54 valence electrons. The number of carbonyl (C=O) groups is 1. The van der Waals surface area contributed by atoms with Gasteiger partial charge in [0.15, 0.2) is 0 Å². The van der Waals surface area contributed by atoms with Crippen molar-refractivity contribution in [3.05, 3.63) is 0 Å². The number of amides is 1. The smallest absolute Gasteiger partial charge is 0.220 e. The minimum Gasteiger partial charge on any atom is -0.378 e. The van der Waals surface area contributed by atoms with Crippen LogP contribution in [-0.2, 0) is 9.53 Å². The van der Waals surface area contributed by atoms with E-state index in [1.165, 1.54) is 0 Å². The van der Waals surface area contributed by atoms with Crippen molar-refractivity contribution in [1.29, 1.82) is 0 Å². The van der Waals surface area contributed by atoms with E-state index >= 15 is 0 Å². The van der Waals surface area contributed by atoms with Crippen LogP contribution in [0.1, 0.15) is 20.3 Å². The molecule has 0 radical (unpaired) electrons. The van der Waals surface area contributed by atoms with Gasteiger partial charge in [-0.1, -0.05) is 0 Å². The minimum absolute atomic E-state index is 0.0347. The first kappa shape index (κ1) is 8.43. The molecular formula is C6H13NO2. The zero-order chi connectivity index (χ0) is 7.28. The van der Waals surface area contributed by atoms with Gasteiger partial charge >= 0.3 is 0 Å². The first-order chi connectivity index (χ1) is 4.16. The fourth-order valence-electron chi connectivity index (χ4n) is 0.627. The average Bonchev–Trinajstić information content (AvgIpc) is 1.63. The molecule has 0 aromatic rings. The second kappa shape index (κ2) is 4.32. The van der Waals surface area contributed by atoms with Gasteiger partial charge in [-0.2, -0.15) is 0 Å². The second-order valence-electron chi connectivity index (χ2n) is 1.94. The van der Waals surface area contributed by atoms with E-state index in [0.717, 1.165) is 0 Å². The molecule has 0 rings (SSSR count). The van der Waals surface area contributed by atoms with Gasteiger partial charge in [0.1, 0.15) is 0 Å². The van der Waals surface area contributed by atoms with Crippen molar-refractivity contribution in [3.63, 3.8) is 0 Å². The van der Waals surface area contributed by atoms with Crippen LogP contribution in [-0.4, -0.2) is 18.6 Å². The normalized spacial score (nSPS) is 13.1. The van der Waals surface area contributed by atoms with Crippen LogP contribution >= 0.6 is 0 Å². The highest BCUT2D eigenvalue weighted by Crippen LogP contribution is 1.94. The lowest BCUT2D eigenvalue weighted by molar-refractivity contribution is -0.120.